The van der Waals surface area contributed by atoms with E-state index in [2.05, 4.69) is 0 Å². The largest absolute Gasteiger partial charge is 0.486 e. The zero-order valence-corrected chi connectivity index (χ0v) is 15.5. The molecule has 1 heterocycles. The molecule has 1 unspecified atom stereocenters. The normalized spacial score (nSPS) is 11.2. The number of ether oxygens (including phenoxy) is 2. The van der Waals surface area contributed by atoms with Crippen LogP contribution in [0.2, 0.25) is 0 Å². The van der Waals surface area contributed by atoms with Crippen LogP contribution in [0.1, 0.15) is 68.5 Å². The fourth-order valence-corrected chi connectivity index (χ4v) is 2.15. The Hall–Kier alpha value is -2.27. The van der Waals surface area contributed by atoms with E-state index in [4.69, 9.17) is 13.9 Å². The summed E-state index contributed by atoms with van der Waals surface area (Å²) in [5.74, 6) is 0.909. The number of furan rings is 1. The summed E-state index contributed by atoms with van der Waals surface area (Å²) in [5.41, 5.74) is 0.877. The van der Waals surface area contributed by atoms with Crippen LogP contribution in [0.25, 0.3) is 0 Å². The van der Waals surface area contributed by atoms with E-state index in [1.165, 1.54) is 0 Å². The minimum absolute atomic E-state index is 0.170. The molecule has 2 aromatic rings. The van der Waals surface area contributed by atoms with Gasteiger partial charge in [0.25, 0.3) is 0 Å². The number of carbonyl (C=O) groups is 1. The van der Waals surface area contributed by atoms with E-state index >= 15 is 0 Å². The first-order chi connectivity index (χ1) is 12.1. The van der Waals surface area contributed by atoms with Crippen molar-refractivity contribution >= 4 is 5.97 Å². The van der Waals surface area contributed by atoms with Crippen molar-refractivity contribution < 1.29 is 23.8 Å². The van der Waals surface area contributed by atoms with Gasteiger partial charge in [-0.25, -0.2) is 4.79 Å². The summed E-state index contributed by atoms with van der Waals surface area (Å²) in [5, 5.41) is 9.92. The lowest BCUT2D eigenvalue weighted by molar-refractivity contribution is 0.0486. The second kappa shape index (κ2) is 11.3. The number of esters is 1. The summed E-state index contributed by atoms with van der Waals surface area (Å²) < 4.78 is 15.8. The predicted octanol–water partition coefficient (Wildman–Crippen LogP) is 4.90. The Labute approximate surface area is 149 Å². The Morgan fingerprint density at radius 1 is 1.12 bits per heavy atom. The molecule has 25 heavy (non-hydrogen) atoms. The molecule has 0 fully saturated rings. The van der Waals surface area contributed by atoms with Crippen molar-refractivity contribution in [3.8, 4) is 5.75 Å². The first kappa shape index (κ1) is 20.8. The fraction of sp³-hybridized carbons (Fsp3) is 0.450. The maximum atomic E-state index is 11.5. The average Bonchev–Trinajstić information content (AvgIpc) is 3.12. The van der Waals surface area contributed by atoms with E-state index in [0.717, 1.165) is 18.4 Å². The van der Waals surface area contributed by atoms with Gasteiger partial charge in [-0.1, -0.05) is 39.3 Å². The highest BCUT2D eigenvalue weighted by atomic mass is 16.5. The zero-order chi connectivity index (χ0) is 18.7. The van der Waals surface area contributed by atoms with Crippen LogP contribution < -0.4 is 4.74 Å². The van der Waals surface area contributed by atoms with Gasteiger partial charge < -0.3 is 19.0 Å². The highest BCUT2D eigenvalue weighted by molar-refractivity contribution is 5.86. The molecule has 1 aromatic heterocycles. The van der Waals surface area contributed by atoms with Crippen molar-refractivity contribution in [1.82, 2.24) is 0 Å². The fourth-order valence-electron chi connectivity index (χ4n) is 2.15. The maximum absolute atomic E-state index is 11.5. The van der Waals surface area contributed by atoms with Crippen LogP contribution in [0.4, 0.5) is 0 Å². The van der Waals surface area contributed by atoms with Crippen molar-refractivity contribution in [3.63, 3.8) is 0 Å². The Kier molecular flexibility index (Phi) is 9.40. The number of carbonyl (C=O) groups excluding carboxylic acids is 1. The average molecular weight is 348 g/mol. The van der Waals surface area contributed by atoms with E-state index in [-0.39, 0.29) is 12.4 Å². The van der Waals surface area contributed by atoms with Gasteiger partial charge in [-0.2, -0.15) is 0 Å². The molecular formula is C20H28O5. The van der Waals surface area contributed by atoms with Crippen molar-refractivity contribution in [2.75, 3.05) is 6.61 Å². The smallest absolute Gasteiger partial charge is 0.374 e. The Morgan fingerprint density at radius 3 is 2.40 bits per heavy atom. The Balaban J connectivity index is 0.00000151. The van der Waals surface area contributed by atoms with Crippen LogP contribution in [0.15, 0.2) is 40.8 Å². The number of benzene rings is 1. The van der Waals surface area contributed by atoms with Crippen LogP contribution >= 0.6 is 0 Å². The number of aliphatic hydroxyl groups is 1. The minimum atomic E-state index is -0.479. The van der Waals surface area contributed by atoms with Crippen LogP contribution in [0.5, 0.6) is 5.75 Å². The Morgan fingerprint density at radius 2 is 1.80 bits per heavy atom. The van der Waals surface area contributed by atoms with Crippen molar-refractivity contribution in [1.29, 1.82) is 0 Å². The summed E-state index contributed by atoms with van der Waals surface area (Å²) in [7, 11) is 0. The lowest BCUT2D eigenvalue weighted by Crippen LogP contribution is -2.02. The van der Waals surface area contributed by atoms with Gasteiger partial charge in [0.2, 0.25) is 5.76 Å². The molecular weight excluding hydrogens is 320 g/mol. The van der Waals surface area contributed by atoms with Gasteiger partial charge in [0, 0.05) is 0 Å². The number of rotatable bonds is 8. The summed E-state index contributed by atoms with van der Waals surface area (Å²) in [4.78, 5) is 11.5. The summed E-state index contributed by atoms with van der Waals surface area (Å²) in [6, 6.07) is 10.6. The SMILES string of the molecule is CC.CCCC(O)c1ccc(OCc2ccc(C(=O)OCC)o2)cc1. The molecule has 0 saturated heterocycles. The maximum Gasteiger partial charge on any atom is 0.374 e. The standard InChI is InChI=1S/C18H22O5.C2H6/c1-3-5-16(19)13-6-8-14(9-7-13)22-12-15-10-11-17(23-15)18(20)21-4-2;1-2/h6-11,16,19H,3-5,12H2,1-2H3;1-2H3. The molecule has 0 spiro atoms. The van der Waals surface area contributed by atoms with Crippen molar-refractivity contribution in [3.05, 3.63) is 53.5 Å². The summed E-state index contributed by atoms with van der Waals surface area (Å²) >= 11 is 0. The summed E-state index contributed by atoms with van der Waals surface area (Å²) in [6.07, 6.45) is 1.23. The monoisotopic (exact) mass is 348 g/mol. The number of aliphatic hydroxyl groups excluding tert-OH is 1. The minimum Gasteiger partial charge on any atom is -0.486 e. The second-order valence-corrected chi connectivity index (χ2v) is 5.15. The number of hydrogen-bond acceptors (Lipinski definition) is 5. The van der Waals surface area contributed by atoms with E-state index in [9.17, 15) is 9.90 Å². The lowest BCUT2D eigenvalue weighted by Gasteiger charge is -2.10. The van der Waals surface area contributed by atoms with Gasteiger partial charge in [-0.3, -0.25) is 0 Å². The third-order valence-corrected chi connectivity index (χ3v) is 3.35. The molecule has 0 aliphatic heterocycles. The molecule has 0 amide bonds. The number of hydrogen-bond donors (Lipinski definition) is 1. The highest BCUT2D eigenvalue weighted by Gasteiger charge is 2.12. The first-order valence-electron chi connectivity index (χ1n) is 8.80. The molecule has 138 valence electrons. The molecule has 0 saturated carbocycles. The van der Waals surface area contributed by atoms with E-state index in [1.54, 1.807) is 19.1 Å². The topological polar surface area (TPSA) is 68.9 Å². The lowest BCUT2D eigenvalue weighted by atomic mass is 10.1. The van der Waals surface area contributed by atoms with E-state index < -0.39 is 12.1 Å². The molecule has 1 N–H and O–H groups in total. The molecule has 1 aromatic carbocycles. The predicted molar refractivity (Wildman–Crippen MR) is 96.7 cm³/mol. The van der Waals surface area contributed by atoms with Gasteiger partial charge in [0.15, 0.2) is 0 Å². The van der Waals surface area contributed by atoms with Crippen LogP contribution in [0, 0.1) is 0 Å². The molecule has 0 radical (unpaired) electrons. The van der Waals surface area contributed by atoms with Crippen molar-refractivity contribution in [2.45, 2.75) is 53.2 Å². The molecule has 1 atom stereocenters. The molecule has 5 heteroatoms. The Bertz CT molecular complexity index is 615. The first-order valence-corrected chi connectivity index (χ1v) is 8.80. The highest BCUT2D eigenvalue weighted by Crippen LogP contribution is 2.22. The van der Waals surface area contributed by atoms with Gasteiger partial charge >= 0.3 is 5.97 Å². The van der Waals surface area contributed by atoms with Gasteiger partial charge in [-0.05, 0) is 43.2 Å². The zero-order valence-electron chi connectivity index (χ0n) is 15.5. The van der Waals surface area contributed by atoms with E-state index in [1.807, 2.05) is 45.0 Å². The molecule has 5 nitrogen and oxygen atoms in total. The summed E-state index contributed by atoms with van der Waals surface area (Å²) in [6.45, 7) is 8.30. The second-order valence-electron chi connectivity index (χ2n) is 5.15. The van der Waals surface area contributed by atoms with Gasteiger partial charge in [0.05, 0.1) is 12.7 Å². The van der Waals surface area contributed by atoms with Crippen LogP contribution in [-0.4, -0.2) is 17.7 Å². The van der Waals surface area contributed by atoms with Crippen molar-refractivity contribution in [2.24, 2.45) is 0 Å². The van der Waals surface area contributed by atoms with Gasteiger partial charge in [0.1, 0.15) is 18.1 Å². The molecule has 2 rings (SSSR count). The van der Waals surface area contributed by atoms with Crippen LogP contribution in [0.3, 0.4) is 0 Å². The van der Waals surface area contributed by atoms with E-state index in [0.29, 0.717) is 18.1 Å². The van der Waals surface area contributed by atoms with Gasteiger partial charge in [-0.15, -0.1) is 0 Å². The molecule has 0 aliphatic rings. The third-order valence-electron chi connectivity index (χ3n) is 3.35. The van der Waals surface area contributed by atoms with Crippen LogP contribution in [-0.2, 0) is 11.3 Å². The third kappa shape index (κ3) is 6.63. The quantitative estimate of drug-likeness (QED) is 0.688. The molecule has 0 aliphatic carbocycles. The molecule has 0 bridgehead atoms.